The number of aryl methyl sites for hydroxylation is 1. The van der Waals surface area contributed by atoms with Crippen LogP contribution >= 0.6 is 0 Å². The van der Waals surface area contributed by atoms with Crippen LogP contribution in [-0.4, -0.2) is 30.5 Å². The first-order valence-electron chi connectivity index (χ1n) is 7.75. The van der Waals surface area contributed by atoms with Crippen molar-refractivity contribution in [2.75, 3.05) is 18.4 Å². The number of nitrogens with one attached hydrogen (secondary N) is 1. The van der Waals surface area contributed by atoms with Crippen molar-refractivity contribution >= 4 is 23.1 Å². The number of nitrogens with two attached hydrogens (primary N) is 1. The quantitative estimate of drug-likeness (QED) is 0.662. The summed E-state index contributed by atoms with van der Waals surface area (Å²) in [5.41, 5.74) is 9.98. The molecule has 1 aromatic carbocycles. The zero-order valence-corrected chi connectivity index (χ0v) is 13.5. The van der Waals surface area contributed by atoms with E-state index in [4.69, 9.17) is 5.73 Å². The van der Waals surface area contributed by atoms with Gasteiger partial charge in [-0.2, -0.15) is 0 Å². The van der Waals surface area contributed by atoms with Gasteiger partial charge in [-0.15, -0.1) is 0 Å². The zero-order valence-electron chi connectivity index (χ0n) is 13.5. The fourth-order valence-corrected chi connectivity index (χ4v) is 2.58. The maximum atomic E-state index is 11.4. The van der Waals surface area contributed by atoms with E-state index in [0.717, 1.165) is 35.5 Å². The van der Waals surface area contributed by atoms with E-state index in [-0.39, 0.29) is 11.7 Å². The van der Waals surface area contributed by atoms with Crippen LogP contribution in [0.2, 0.25) is 0 Å². The van der Waals surface area contributed by atoms with Crippen molar-refractivity contribution in [3.63, 3.8) is 0 Å². The number of carbonyl (C=O) groups is 1. The minimum atomic E-state index is 0.177. The minimum absolute atomic E-state index is 0.177. The van der Waals surface area contributed by atoms with Gasteiger partial charge in [0.1, 0.15) is 0 Å². The Morgan fingerprint density at radius 1 is 1.50 bits per heavy atom. The molecule has 2 rings (SSSR count). The van der Waals surface area contributed by atoms with E-state index in [0.29, 0.717) is 18.9 Å². The number of anilines is 1. The molecule has 3 N–H and O–H groups in total. The average molecular weight is 300 g/mol. The van der Waals surface area contributed by atoms with Crippen molar-refractivity contribution in [2.24, 2.45) is 21.6 Å². The molecule has 0 aromatic heterocycles. The maximum Gasteiger partial charge on any atom is 0.193 e. The van der Waals surface area contributed by atoms with E-state index < -0.39 is 0 Å². The fourth-order valence-electron chi connectivity index (χ4n) is 2.58. The number of carbonyl (C=O) groups excluding carboxylic acids is 1. The van der Waals surface area contributed by atoms with Crippen molar-refractivity contribution in [1.29, 1.82) is 0 Å². The van der Waals surface area contributed by atoms with Gasteiger partial charge in [0.15, 0.2) is 11.7 Å². The van der Waals surface area contributed by atoms with Gasteiger partial charge in [0, 0.05) is 30.3 Å². The van der Waals surface area contributed by atoms with Gasteiger partial charge in [-0.3, -0.25) is 14.8 Å². The van der Waals surface area contributed by atoms with Gasteiger partial charge >= 0.3 is 0 Å². The van der Waals surface area contributed by atoms with Crippen molar-refractivity contribution in [3.8, 4) is 0 Å². The monoisotopic (exact) mass is 300 g/mol. The minimum Gasteiger partial charge on any atom is -0.370 e. The normalized spacial score (nSPS) is 19.0. The number of ketones is 1. The van der Waals surface area contributed by atoms with Gasteiger partial charge < -0.3 is 11.1 Å². The molecule has 118 valence electrons. The van der Waals surface area contributed by atoms with Crippen LogP contribution < -0.4 is 11.1 Å². The molecule has 1 heterocycles. The Morgan fingerprint density at radius 3 is 2.91 bits per heavy atom. The highest BCUT2D eigenvalue weighted by atomic mass is 16.1. The summed E-state index contributed by atoms with van der Waals surface area (Å²) in [6, 6.07) is 6.10. The summed E-state index contributed by atoms with van der Waals surface area (Å²) in [6.45, 7) is 7.16. The molecule has 1 aliphatic rings. The number of benzene rings is 1. The summed E-state index contributed by atoms with van der Waals surface area (Å²) >= 11 is 0. The molecule has 5 heteroatoms. The lowest BCUT2D eigenvalue weighted by Gasteiger charge is -2.20. The van der Waals surface area contributed by atoms with E-state index in [2.05, 4.69) is 28.3 Å². The van der Waals surface area contributed by atoms with Gasteiger partial charge in [0.2, 0.25) is 0 Å². The first-order valence-corrected chi connectivity index (χ1v) is 7.75. The number of nitrogens with zero attached hydrogens (tertiary/aromatic N) is 2. The second kappa shape index (κ2) is 7.20. The van der Waals surface area contributed by atoms with Crippen LogP contribution in [0.15, 0.2) is 28.2 Å². The summed E-state index contributed by atoms with van der Waals surface area (Å²) in [5.74, 6) is 0.827. The Balaban J connectivity index is 2.18. The average Bonchev–Trinajstić information content (AvgIpc) is 2.47. The molecular formula is C17H24N4O. The lowest BCUT2D eigenvalue weighted by atomic mass is 9.90. The zero-order chi connectivity index (χ0) is 16.1. The summed E-state index contributed by atoms with van der Waals surface area (Å²) in [7, 11) is 0. The number of hydrogen-bond donors (Lipinski definition) is 2. The predicted molar refractivity (Wildman–Crippen MR) is 91.8 cm³/mol. The number of aliphatic imine (C=N–C) groups is 2. The van der Waals surface area contributed by atoms with Gasteiger partial charge in [-0.25, -0.2) is 0 Å². The van der Waals surface area contributed by atoms with E-state index in [1.54, 1.807) is 0 Å². The number of guanidine groups is 1. The molecule has 0 saturated carbocycles. The van der Waals surface area contributed by atoms with Crippen LogP contribution in [-0.2, 0) is 4.79 Å². The molecular weight excluding hydrogens is 276 g/mol. The molecule has 0 bridgehead atoms. The second-order valence-electron chi connectivity index (χ2n) is 5.77. The third-order valence-electron chi connectivity index (χ3n) is 3.72. The molecule has 1 aliphatic heterocycles. The molecule has 0 radical (unpaired) electrons. The maximum absolute atomic E-state index is 11.4. The number of hydrogen-bond acceptors (Lipinski definition) is 3. The first-order chi connectivity index (χ1) is 10.5. The summed E-state index contributed by atoms with van der Waals surface area (Å²) in [4.78, 5) is 20.1. The lowest BCUT2D eigenvalue weighted by molar-refractivity contribution is -0.118. The topological polar surface area (TPSA) is 79.8 Å². The summed E-state index contributed by atoms with van der Waals surface area (Å²) in [5, 5.41) is 3.13. The van der Waals surface area contributed by atoms with Gasteiger partial charge in [-0.05, 0) is 36.6 Å². The fraction of sp³-hybridized carbons (Fsp3) is 0.471. The molecule has 0 saturated heterocycles. The number of rotatable bonds is 4. The van der Waals surface area contributed by atoms with Gasteiger partial charge in [0.25, 0.3) is 0 Å². The molecule has 0 spiro atoms. The second-order valence-corrected chi connectivity index (χ2v) is 5.77. The van der Waals surface area contributed by atoms with Crippen molar-refractivity contribution in [1.82, 2.24) is 0 Å². The molecule has 0 amide bonds. The van der Waals surface area contributed by atoms with E-state index in [9.17, 15) is 4.79 Å². The Hall–Kier alpha value is -2.17. The van der Waals surface area contributed by atoms with Gasteiger partial charge in [-0.1, -0.05) is 19.9 Å². The Morgan fingerprint density at radius 2 is 2.27 bits per heavy atom. The van der Waals surface area contributed by atoms with Gasteiger partial charge in [0.05, 0.1) is 6.54 Å². The van der Waals surface area contributed by atoms with E-state index in [1.807, 2.05) is 26.0 Å². The van der Waals surface area contributed by atoms with Crippen LogP contribution in [0.1, 0.15) is 37.8 Å². The smallest absolute Gasteiger partial charge is 0.193 e. The van der Waals surface area contributed by atoms with Crippen molar-refractivity contribution < 1.29 is 4.79 Å². The third-order valence-corrected chi connectivity index (χ3v) is 3.72. The molecule has 1 unspecified atom stereocenters. The predicted octanol–water partition coefficient (Wildman–Crippen LogP) is 2.53. The highest BCUT2D eigenvalue weighted by Crippen LogP contribution is 2.22. The molecule has 0 fully saturated rings. The third kappa shape index (κ3) is 3.93. The first kappa shape index (κ1) is 16.2. The highest BCUT2D eigenvalue weighted by Gasteiger charge is 2.21. The van der Waals surface area contributed by atoms with Crippen LogP contribution in [0, 0.1) is 12.8 Å². The molecule has 1 aromatic rings. The lowest BCUT2D eigenvalue weighted by Crippen LogP contribution is -2.25. The van der Waals surface area contributed by atoms with Crippen molar-refractivity contribution in [3.05, 3.63) is 29.3 Å². The SMILES string of the molecule is CCCN=C(N)Nc1ccc(C2=NCC(=O)CC2C)cc1C. The van der Waals surface area contributed by atoms with E-state index in [1.165, 1.54) is 0 Å². The Bertz CT molecular complexity index is 619. The molecule has 22 heavy (non-hydrogen) atoms. The highest BCUT2D eigenvalue weighted by molar-refractivity contribution is 6.07. The largest absolute Gasteiger partial charge is 0.370 e. The van der Waals surface area contributed by atoms with Crippen LogP contribution in [0.3, 0.4) is 0 Å². The number of Topliss-reactive ketones (excluding diaryl/α,β-unsaturated/α-hetero) is 1. The summed E-state index contributed by atoms with van der Waals surface area (Å²) < 4.78 is 0. The molecule has 5 nitrogen and oxygen atoms in total. The standard InChI is InChI=1S/C17H24N4O/c1-4-7-19-17(18)21-15-6-5-13(8-11(15)2)16-12(3)9-14(22)10-20-16/h5-6,8,12H,4,7,9-10H2,1-3H3,(H3,18,19,21). The van der Waals surface area contributed by atoms with Crippen LogP contribution in [0.4, 0.5) is 5.69 Å². The van der Waals surface area contributed by atoms with E-state index >= 15 is 0 Å². The Labute approximate surface area is 131 Å². The Kier molecular flexibility index (Phi) is 5.31. The molecule has 0 aliphatic carbocycles. The van der Waals surface area contributed by atoms with Crippen LogP contribution in [0.5, 0.6) is 0 Å². The van der Waals surface area contributed by atoms with Crippen LogP contribution in [0.25, 0.3) is 0 Å². The summed E-state index contributed by atoms with van der Waals surface area (Å²) in [6.07, 6.45) is 1.55. The van der Waals surface area contributed by atoms with Crippen molar-refractivity contribution in [2.45, 2.75) is 33.6 Å². The molecule has 1 atom stereocenters.